The molecule has 0 aliphatic carbocycles. The second kappa shape index (κ2) is 7.44. The van der Waals surface area contributed by atoms with Crippen LogP contribution in [0.25, 0.3) is 0 Å². The van der Waals surface area contributed by atoms with Gasteiger partial charge in [0.2, 0.25) is 5.91 Å². The lowest BCUT2D eigenvalue weighted by Gasteiger charge is -2.24. The molecule has 1 aromatic rings. The quantitative estimate of drug-likeness (QED) is 0.864. The predicted molar refractivity (Wildman–Crippen MR) is 84.9 cm³/mol. The van der Waals surface area contributed by atoms with E-state index >= 15 is 0 Å². The number of nitrogens with one attached hydrogen (secondary N) is 1. The van der Waals surface area contributed by atoms with Gasteiger partial charge in [-0.05, 0) is 37.8 Å². The average molecular weight is 276 g/mol. The summed E-state index contributed by atoms with van der Waals surface area (Å²) >= 11 is 0. The van der Waals surface area contributed by atoms with Crippen molar-refractivity contribution in [2.24, 2.45) is 0 Å². The molecule has 0 aliphatic rings. The zero-order chi connectivity index (χ0) is 15.3. The van der Waals surface area contributed by atoms with Crippen LogP contribution in [0.3, 0.4) is 0 Å². The number of hydrogen-bond acceptors (Lipinski definition) is 2. The minimum absolute atomic E-state index is 0.137. The summed E-state index contributed by atoms with van der Waals surface area (Å²) in [4.78, 5) is 13.8. The highest BCUT2D eigenvalue weighted by molar-refractivity contribution is 5.81. The molecule has 3 heteroatoms. The van der Waals surface area contributed by atoms with E-state index in [1.165, 1.54) is 11.1 Å². The van der Waals surface area contributed by atoms with Gasteiger partial charge in [0.1, 0.15) is 0 Å². The first-order valence-electron chi connectivity index (χ1n) is 7.47. The van der Waals surface area contributed by atoms with Crippen LogP contribution in [0.2, 0.25) is 0 Å². The summed E-state index contributed by atoms with van der Waals surface area (Å²) in [6, 6.07) is 8.63. The van der Waals surface area contributed by atoms with E-state index in [1.807, 2.05) is 20.9 Å². The van der Waals surface area contributed by atoms with E-state index in [0.717, 1.165) is 6.54 Å². The van der Waals surface area contributed by atoms with Gasteiger partial charge in [0.15, 0.2) is 0 Å². The summed E-state index contributed by atoms with van der Waals surface area (Å²) in [5.74, 6) is 0.684. The molecule has 2 atom stereocenters. The fourth-order valence-electron chi connectivity index (χ4n) is 2.20. The van der Waals surface area contributed by atoms with E-state index in [9.17, 15) is 4.79 Å². The van der Waals surface area contributed by atoms with Crippen LogP contribution in [-0.4, -0.2) is 30.4 Å². The maximum atomic E-state index is 12.0. The van der Waals surface area contributed by atoms with Crippen molar-refractivity contribution in [3.05, 3.63) is 35.4 Å². The standard InChI is InChI=1S/C17H28N2O/c1-7-19(6)17(20)14(5)18-13(4)16-10-8-15(9-11-16)12(2)3/h8-14,18H,7H2,1-6H3. The number of carbonyl (C=O) groups is 1. The SMILES string of the molecule is CCN(C)C(=O)C(C)NC(C)c1ccc(C(C)C)cc1. The molecular formula is C17H28N2O. The van der Waals surface area contributed by atoms with Gasteiger partial charge in [0.05, 0.1) is 6.04 Å². The van der Waals surface area contributed by atoms with E-state index in [2.05, 4.69) is 50.4 Å². The molecule has 3 nitrogen and oxygen atoms in total. The fourth-order valence-corrected chi connectivity index (χ4v) is 2.20. The average Bonchev–Trinajstić information content (AvgIpc) is 2.45. The van der Waals surface area contributed by atoms with Gasteiger partial charge in [-0.15, -0.1) is 0 Å². The molecule has 112 valence electrons. The molecule has 20 heavy (non-hydrogen) atoms. The highest BCUT2D eigenvalue weighted by Crippen LogP contribution is 2.19. The zero-order valence-corrected chi connectivity index (χ0v) is 13.6. The summed E-state index contributed by atoms with van der Waals surface area (Å²) < 4.78 is 0. The van der Waals surface area contributed by atoms with Crippen molar-refractivity contribution >= 4 is 5.91 Å². The summed E-state index contributed by atoms with van der Waals surface area (Å²) in [6.07, 6.45) is 0. The van der Waals surface area contributed by atoms with Crippen molar-refractivity contribution in [3.63, 3.8) is 0 Å². The van der Waals surface area contributed by atoms with Crippen LogP contribution >= 0.6 is 0 Å². The van der Waals surface area contributed by atoms with E-state index in [4.69, 9.17) is 0 Å². The summed E-state index contributed by atoms with van der Waals surface area (Å²) in [5.41, 5.74) is 2.56. The molecule has 0 spiro atoms. The lowest BCUT2D eigenvalue weighted by molar-refractivity contribution is -0.131. The molecule has 0 saturated carbocycles. The van der Waals surface area contributed by atoms with Gasteiger partial charge in [0, 0.05) is 19.6 Å². The van der Waals surface area contributed by atoms with E-state index in [-0.39, 0.29) is 18.0 Å². The minimum Gasteiger partial charge on any atom is -0.345 e. The molecule has 1 amide bonds. The number of amides is 1. The van der Waals surface area contributed by atoms with Crippen molar-refractivity contribution in [2.75, 3.05) is 13.6 Å². The second-order valence-corrected chi connectivity index (χ2v) is 5.78. The van der Waals surface area contributed by atoms with Gasteiger partial charge in [-0.1, -0.05) is 38.1 Å². The molecule has 0 bridgehead atoms. The van der Waals surface area contributed by atoms with Crippen LogP contribution in [0.15, 0.2) is 24.3 Å². The van der Waals surface area contributed by atoms with Gasteiger partial charge in [0.25, 0.3) is 0 Å². The largest absolute Gasteiger partial charge is 0.345 e. The highest BCUT2D eigenvalue weighted by atomic mass is 16.2. The molecule has 0 saturated heterocycles. The Labute approximate surface area is 123 Å². The Kier molecular flexibility index (Phi) is 6.21. The van der Waals surface area contributed by atoms with E-state index in [1.54, 1.807) is 4.90 Å². The molecule has 0 aliphatic heterocycles. The van der Waals surface area contributed by atoms with Crippen LogP contribution in [-0.2, 0) is 4.79 Å². The normalized spacial score (nSPS) is 14.2. The Morgan fingerprint density at radius 1 is 1.10 bits per heavy atom. The molecule has 0 aromatic heterocycles. The van der Waals surface area contributed by atoms with Gasteiger partial charge in [-0.3, -0.25) is 10.1 Å². The van der Waals surface area contributed by atoms with Crippen LogP contribution in [0.4, 0.5) is 0 Å². The Hall–Kier alpha value is -1.35. The van der Waals surface area contributed by atoms with Crippen molar-refractivity contribution < 1.29 is 4.79 Å². The number of nitrogens with zero attached hydrogens (tertiary/aromatic N) is 1. The molecule has 0 fully saturated rings. The number of hydrogen-bond donors (Lipinski definition) is 1. The van der Waals surface area contributed by atoms with E-state index < -0.39 is 0 Å². The van der Waals surface area contributed by atoms with Gasteiger partial charge >= 0.3 is 0 Å². The molecule has 0 radical (unpaired) electrons. The van der Waals surface area contributed by atoms with Crippen molar-refractivity contribution in [1.29, 1.82) is 0 Å². The van der Waals surface area contributed by atoms with E-state index in [0.29, 0.717) is 5.92 Å². The predicted octanol–water partition coefficient (Wildman–Crippen LogP) is 3.33. The van der Waals surface area contributed by atoms with Crippen molar-refractivity contribution in [2.45, 2.75) is 52.6 Å². The Bertz CT molecular complexity index is 425. The number of carbonyl (C=O) groups excluding carboxylic acids is 1. The Morgan fingerprint density at radius 3 is 2.05 bits per heavy atom. The lowest BCUT2D eigenvalue weighted by atomic mass is 9.99. The van der Waals surface area contributed by atoms with Gasteiger partial charge < -0.3 is 4.90 Å². The van der Waals surface area contributed by atoms with Crippen LogP contribution in [0.5, 0.6) is 0 Å². The zero-order valence-electron chi connectivity index (χ0n) is 13.6. The molecule has 0 heterocycles. The summed E-state index contributed by atoms with van der Waals surface area (Å²) in [5, 5.41) is 3.37. The van der Waals surface area contributed by atoms with Crippen molar-refractivity contribution in [1.82, 2.24) is 10.2 Å². The topological polar surface area (TPSA) is 32.3 Å². The Balaban J connectivity index is 2.66. The first-order chi connectivity index (χ1) is 9.36. The van der Waals surface area contributed by atoms with Gasteiger partial charge in [-0.2, -0.15) is 0 Å². The minimum atomic E-state index is -0.167. The van der Waals surface area contributed by atoms with Gasteiger partial charge in [-0.25, -0.2) is 0 Å². The molecular weight excluding hydrogens is 248 g/mol. The molecule has 2 unspecified atom stereocenters. The second-order valence-electron chi connectivity index (χ2n) is 5.78. The first-order valence-corrected chi connectivity index (χ1v) is 7.47. The van der Waals surface area contributed by atoms with Crippen molar-refractivity contribution in [3.8, 4) is 0 Å². The number of likely N-dealkylation sites (N-methyl/N-ethyl adjacent to an activating group) is 1. The lowest BCUT2D eigenvalue weighted by Crippen LogP contribution is -2.43. The summed E-state index contributed by atoms with van der Waals surface area (Å²) in [6.45, 7) is 11.1. The summed E-state index contributed by atoms with van der Waals surface area (Å²) in [7, 11) is 1.84. The molecule has 1 rings (SSSR count). The highest BCUT2D eigenvalue weighted by Gasteiger charge is 2.18. The molecule has 1 N–H and O–H groups in total. The van der Waals surface area contributed by atoms with Crippen LogP contribution < -0.4 is 5.32 Å². The monoisotopic (exact) mass is 276 g/mol. The number of rotatable bonds is 6. The van der Waals surface area contributed by atoms with Crippen LogP contribution in [0, 0.1) is 0 Å². The smallest absolute Gasteiger partial charge is 0.239 e. The maximum absolute atomic E-state index is 12.0. The third-order valence-electron chi connectivity index (χ3n) is 3.82. The third-order valence-corrected chi connectivity index (χ3v) is 3.82. The Morgan fingerprint density at radius 2 is 1.60 bits per heavy atom. The molecule has 1 aromatic carbocycles. The number of benzene rings is 1. The van der Waals surface area contributed by atoms with Crippen LogP contribution in [0.1, 0.15) is 57.7 Å². The first kappa shape index (κ1) is 16.7. The third kappa shape index (κ3) is 4.34. The maximum Gasteiger partial charge on any atom is 0.239 e. The fraction of sp³-hybridized carbons (Fsp3) is 0.588.